The highest BCUT2D eigenvalue weighted by atomic mass is 32.1. The van der Waals surface area contributed by atoms with Crippen LogP contribution in [0.3, 0.4) is 0 Å². The van der Waals surface area contributed by atoms with Crippen LogP contribution in [0.15, 0.2) is 11.6 Å². The van der Waals surface area contributed by atoms with E-state index in [1.807, 2.05) is 11.6 Å². The summed E-state index contributed by atoms with van der Waals surface area (Å²) in [4.78, 5) is 6.70. The fourth-order valence-corrected chi connectivity index (χ4v) is 3.06. The smallest absolute Gasteiger partial charge is 0.0953 e. The van der Waals surface area contributed by atoms with Crippen molar-refractivity contribution >= 4 is 11.3 Å². The fraction of sp³-hybridized carbons (Fsp3) is 0.750. The highest BCUT2D eigenvalue weighted by Crippen LogP contribution is 2.27. The largest absolute Gasteiger partial charge is 0.389 e. The lowest BCUT2D eigenvalue weighted by Crippen LogP contribution is -2.45. The molecule has 1 aromatic heterocycles. The van der Waals surface area contributed by atoms with Gasteiger partial charge in [-0.2, -0.15) is 0 Å². The minimum absolute atomic E-state index is 0.512. The third-order valence-corrected chi connectivity index (χ3v) is 4.07. The number of aliphatic hydroxyl groups is 1. The molecular formula is C12H20N2OS. The van der Waals surface area contributed by atoms with Gasteiger partial charge in [0.15, 0.2) is 0 Å². The van der Waals surface area contributed by atoms with Crippen molar-refractivity contribution in [2.45, 2.75) is 38.2 Å². The van der Waals surface area contributed by atoms with Crippen LogP contribution in [-0.2, 0) is 6.42 Å². The fourth-order valence-electron chi connectivity index (χ4n) is 2.31. The van der Waals surface area contributed by atoms with E-state index < -0.39 is 5.60 Å². The molecule has 1 fully saturated rings. The van der Waals surface area contributed by atoms with Crippen molar-refractivity contribution in [2.24, 2.45) is 0 Å². The van der Waals surface area contributed by atoms with Crippen molar-refractivity contribution in [3.8, 4) is 0 Å². The molecule has 0 aromatic carbocycles. The number of piperidine rings is 1. The Bertz CT molecular complexity index is 305. The van der Waals surface area contributed by atoms with Crippen LogP contribution in [-0.4, -0.2) is 40.2 Å². The molecule has 0 aliphatic carbocycles. The normalized spacial score (nSPS) is 21.1. The summed E-state index contributed by atoms with van der Waals surface area (Å²) in [6.07, 6.45) is 5.50. The lowest BCUT2D eigenvalue weighted by molar-refractivity contribution is -0.0205. The van der Waals surface area contributed by atoms with E-state index in [-0.39, 0.29) is 0 Å². The maximum atomic E-state index is 10.5. The van der Waals surface area contributed by atoms with Gasteiger partial charge in [0, 0.05) is 31.1 Å². The third-order valence-electron chi connectivity index (χ3n) is 3.29. The maximum absolute atomic E-state index is 10.5. The number of hydrogen-bond acceptors (Lipinski definition) is 4. The van der Waals surface area contributed by atoms with E-state index in [0.29, 0.717) is 0 Å². The summed E-state index contributed by atoms with van der Waals surface area (Å²) in [5.41, 5.74) is -0.512. The average molecular weight is 240 g/mol. The van der Waals surface area contributed by atoms with Crippen molar-refractivity contribution in [3.05, 3.63) is 16.6 Å². The molecule has 16 heavy (non-hydrogen) atoms. The molecule has 1 aliphatic heterocycles. The maximum Gasteiger partial charge on any atom is 0.0953 e. The summed E-state index contributed by atoms with van der Waals surface area (Å²) in [6, 6.07) is 0. The zero-order chi connectivity index (χ0) is 11.4. The molecular weight excluding hydrogens is 220 g/mol. The number of rotatable bonds is 4. The van der Waals surface area contributed by atoms with Crippen LogP contribution in [0.4, 0.5) is 0 Å². The lowest BCUT2D eigenvalue weighted by Gasteiger charge is -2.37. The lowest BCUT2D eigenvalue weighted by atomic mass is 9.88. The Morgan fingerprint density at radius 1 is 1.50 bits per heavy atom. The second kappa shape index (κ2) is 5.25. The predicted octanol–water partition coefficient (Wildman–Crippen LogP) is 1.92. The van der Waals surface area contributed by atoms with Crippen LogP contribution in [0.1, 0.15) is 31.2 Å². The van der Waals surface area contributed by atoms with Crippen LogP contribution in [0.5, 0.6) is 0 Å². The Labute approximate surface area is 101 Å². The summed E-state index contributed by atoms with van der Waals surface area (Å²) in [7, 11) is 0. The predicted molar refractivity (Wildman–Crippen MR) is 66.7 cm³/mol. The first-order valence-corrected chi connectivity index (χ1v) is 6.93. The van der Waals surface area contributed by atoms with E-state index in [0.717, 1.165) is 43.9 Å². The number of likely N-dealkylation sites (tertiary alicyclic amines) is 1. The second-order valence-electron chi connectivity index (χ2n) is 4.67. The molecule has 1 saturated heterocycles. The number of nitrogens with zero attached hydrogens (tertiary/aromatic N) is 2. The van der Waals surface area contributed by atoms with Gasteiger partial charge in [-0.25, -0.2) is 4.98 Å². The quantitative estimate of drug-likeness (QED) is 0.873. The summed E-state index contributed by atoms with van der Waals surface area (Å²) < 4.78 is 0. The molecule has 2 rings (SSSR count). The monoisotopic (exact) mass is 240 g/mol. The Morgan fingerprint density at radius 3 is 2.81 bits per heavy atom. The topological polar surface area (TPSA) is 36.4 Å². The van der Waals surface area contributed by atoms with Gasteiger partial charge >= 0.3 is 0 Å². The highest BCUT2D eigenvalue weighted by Gasteiger charge is 2.32. The van der Waals surface area contributed by atoms with Crippen molar-refractivity contribution in [2.75, 3.05) is 19.6 Å². The molecule has 0 bridgehead atoms. The number of hydrogen-bond donors (Lipinski definition) is 1. The van der Waals surface area contributed by atoms with Crippen LogP contribution < -0.4 is 0 Å². The Morgan fingerprint density at radius 2 is 2.25 bits per heavy atom. The van der Waals surface area contributed by atoms with Crippen LogP contribution >= 0.6 is 11.3 Å². The summed E-state index contributed by atoms with van der Waals surface area (Å²) in [5, 5.41) is 13.5. The minimum atomic E-state index is -0.512. The third kappa shape index (κ3) is 3.03. The van der Waals surface area contributed by atoms with E-state index >= 15 is 0 Å². The molecule has 0 atom stereocenters. The molecule has 2 heterocycles. The van der Waals surface area contributed by atoms with Crippen molar-refractivity contribution in [1.82, 2.24) is 9.88 Å². The van der Waals surface area contributed by atoms with Gasteiger partial charge < -0.3 is 10.0 Å². The van der Waals surface area contributed by atoms with Crippen LogP contribution in [0.25, 0.3) is 0 Å². The average Bonchev–Trinajstić information content (AvgIpc) is 2.74. The summed E-state index contributed by atoms with van der Waals surface area (Å²) >= 11 is 1.64. The van der Waals surface area contributed by atoms with Gasteiger partial charge in [0.2, 0.25) is 0 Å². The molecule has 0 spiro atoms. The van der Waals surface area contributed by atoms with Gasteiger partial charge in [-0.3, -0.25) is 0 Å². The first-order chi connectivity index (χ1) is 7.72. The van der Waals surface area contributed by atoms with E-state index in [1.165, 1.54) is 6.42 Å². The zero-order valence-electron chi connectivity index (χ0n) is 9.85. The molecule has 4 heteroatoms. The number of thiazole rings is 1. The molecule has 3 nitrogen and oxygen atoms in total. The Balaban J connectivity index is 1.86. The minimum Gasteiger partial charge on any atom is -0.389 e. The first-order valence-electron chi connectivity index (χ1n) is 6.05. The molecule has 90 valence electrons. The van der Waals surface area contributed by atoms with Crippen LogP contribution in [0, 0.1) is 0 Å². The van der Waals surface area contributed by atoms with E-state index in [9.17, 15) is 5.11 Å². The van der Waals surface area contributed by atoms with Gasteiger partial charge in [0.25, 0.3) is 0 Å². The van der Waals surface area contributed by atoms with E-state index in [4.69, 9.17) is 0 Å². The van der Waals surface area contributed by atoms with Gasteiger partial charge in [0.1, 0.15) is 0 Å². The Kier molecular flexibility index (Phi) is 3.95. The van der Waals surface area contributed by atoms with Crippen molar-refractivity contribution in [3.63, 3.8) is 0 Å². The molecule has 1 aliphatic rings. The van der Waals surface area contributed by atoms with Crippen LogP contribution in [0.2, 0.25) is 0 Å². The van der Waals surface area contributed by atoms with Gasteiger partial charge in [-0.1, -0.05) is 6.92 Å². The summed E-state index contributed by atoms with van der Waals surface area (Å²) in [6.45, 7) is 5.41. The Hall–Kier alpha value is -0.450. The van der Waals surface area contributed by atoms with E-state index in [1.54, 1.807) is 11.3 Å². The molecule has 1 aromatic rings. The molecule has 0 radical (unpaired) electrons. The summed E-state index contributed by atoms with van der Waals surface area (Å²) in [5.74, 6) is 0. The first kappa shape index (κ1) is 12.0. The molecule has 1 N–H and O–H groups in total. The van der Waals surface area contributed by atoms with Gasteiger partial charge in [-0.05, 0) is 25.8 Å². The zero-order valence-corrected chi connectivity index (χ0v) is 10.7. The SMILES string of the molecule is CCCN1CCC(O)(Cc2nccs2)CC1. The number of aromatic nitrogens is 1. The standard InChI is InChI=1S/C12H20N2OS/c1-2-6-14-7-3-12(15,4-8-14)10-11-13-5-9-16-11/h5,9,15H,2-4,6-8,10H2,1H3. The van der Waals surface area contributed by atoms with Gasteiger partial charge in [0.05, 0.1) is 10.6 Å². The highest BCUT2D eigenvalue weighted by molar-refractivity contribution is 7.09. The molecule has 0 saturated carbocycles. The van der Waals surface area contributed by atoms with E-state index in [2.05, 4.69) is 16.8 Å². The van der Waals surface area contributed by atoms with Gasteiger partial charge in [-0.15, -0.1) is 11.3 Å². The van der Waals surface area contributed by atoms with Crippen molar-refractivity contribution in [1.29, 1.82) is 0 Å². The molecule has 0 unspecified atom stereocenters. The molecule has 0 amide bonds. The van der Waals surface area contributed by atoms with Crippen molar-refractivity contribution < 1.29 is 5.11 Å². The second-order valence-corrected chi connectivity index (χ2v) is 5.65.